The van der Waals surface area contributed by atoms with Crippen molar-refractivity contribution in [3.63, 3.8) is 0 Å². The molecule has 0 saturated heterocycles. The highest BCUT2D eigenvalue weighted by atomic mass is 32.1. The third-order valence-electron chi connectivity index (χ3n) is 5.30. The van der Waals surface area contributed by atoms with Crippen molar-refractivity contribution in [2.24, 2.45) is 0 Å². The lowest BCUT2D eigenvalue weighted by Crippen LogP contribution is -2.47. The van der Waals surface area contributed by atoms with E-state index in [4.69, 9.17) is 9.47 Å². The van der Waals surface area contributed by atoms with Gasteiger partial charge in [-0.05, 0) is 54.0 Å². The van der Waals surface area contributed by atoms with Gasteiger partial charge in [-0.25, -0.2) is 4.79 Å². The van der Waals surface area contributed by atoms with E-state index in [-0.39, 0.29) is 24.5 Å². The highest BCUT2D eigenvalue weighted by Gasteiger charge is 2.32. The first-order valence-electron chi connectivity index (χ1n) is 9.71. The Morgan fingerprint density at radius 3 is 2.62 bits per heavy atom. The Morgan fingerprint density at radius 1 is 1.21 bits per heavy atom. The zero-order chi connectivity index (χ0) is 20.4. The quantitative estimate of drug-likeness (QED) is 0.758. The van der Waals surface area contributed by atoms with Crippen LogP contribution < -0.4 is 20.1 Å². The highest BCUT2D eigenvalue weighted by Crippen LogP contribution is 2.42. The molecule has 1 aliphatic heterocycles. The number of nitrogens with one attached hydrogen (secondary N) is 2. The van der Waals surface area contributed by atoms with Crippen molar-refractivity contribution in [1.29, 1.82) is 0 Å². The minimum Gasteiger partial charge on any atom is -0.493 e. The lowest BCUT2D eigenvalue weighted by atomic mass is 9.91. The highest BCUT2D eigenvalue weighted by molar-refractivity contribution is 7.10. The summed E-state index contributed by atoms with van der Waals surface area (Å²) in [4.78, 5) is 27.7. The molecule has 1 saturated carbocycles. The molecule has 154 valence electrons. The average Bonchev–Trinajstić information content (AvgIpc) is 3.35. The van der Waals surface area contributed by atoms with Gasteiger partial charge in [0.25, 0.3) is 0 Å². The largest absolute Gasteiger partial charge is 0.493 e. The number of carbonyl (C=O) groups excluding carboxylic acids is 2. The van der Waals surface area contributed by atoms with Gasteiger partial charge >= 0.3 is 6.03 Å². The second-order valence-corrected chi connectivity index (χ2v) is 8.32. The Bertz CT molecular complexity index is 896. The molecule has 0 radical (unpaired) electrons. The Balaban J connectivity index is 1.58. The number of benzene rings is 1. The number of imide groups is 1. The Labute approximate surface area is 174 Å². The smallest absolute Gasteiger partial charge is 0.321 e. The molecule has 0 spiro atoms. The molecule has 1 aliphatic carbocycles. The van der Waals surface area contributed by atoms with E-state index in [1.165, 1.54) is 5.56 Å². The van der Waals surface area contributed by atoms with Crippen LogP contribution in [0.3, 0.4) is 0 Å². The molecule has 3 amide bonds. The van der Waals surface area contributed by atoms with E-state index in [0.717, 1.165) is 29.7 Å². The van der Waals surface area contributed by atoms with Gasteiger partial charge < -0.3 is 14.8 Å². The summed E-state index contributed by atoms with van der Waals surface area (Å²) in [6.07, 6.45) is 2.76. The number of methoxy groups -OCH3 is 2. The minimum atomic E-state index is -0.408. The van der Waals surface area contributed by atoms with E-state index < -0.39 is 6.03 Å². The topological polar surface area (TPSA) is 79.9 Å². The first-order valence-corrected chi connectivity index (χ1v) is 10.6. The number of urea groups is 1. The predicted octanol–water partition coefficient (Wildman–Crippen LogP) is 2.70. The summed E-state index contributed by atoms with van der Waals surface area (Å²) >= 11 is 1.65. The van der Waals surface area contributed by atoms with Gasteiger partial charge in [-0.1, -0.05) is 6.07 Å². The van der Waals surface area contributed by atoms with Crippen molar-refractivity contribution in [3.05, 3.63) is 45.6 Å². The maximum Gasteiger partial charge on any atom is 0.321 e. The first-order chi connectivity index (χ1) is 14.1. The summed E-state index contributed by atoms with van der Waals surface area (Å²) in [6.45, 7) is 0.858. The molecule has 8 heteroatoms. The van der Waals surface area contributed by atoms with Crippen LogP contribution in [0.5, 0.6) is 11.5 Å². The van der Waals surface area contributed by atoms with Crippen LogP contribution in [0.25, 0.3) is 0 Å². The monoisotopic (exact) mass is 415 g/mol. The van der Waals surface area contributed by atoms with Gasteiger partial charge in [-0.3, -0.25) is 15.0 Å². The van der Waals surface area contributed by atoms with Crippen molar-refractivity contribution in [2.45, 2.75) is 31.3 Å². The fraction of sp³-hybridized carbons (Fsp3) is 0.429. The van der Waals surface area contributed by atoms with Gasteiger partial charge in [-0.15, -0.1) is 11.3 Å². The Morgan fingerprint density at radius 2 is 1.97 bits per heavy atom. The van der Waals surface area contributed by atoms with Gasteiger partial charge in [0, 0.05) is 17.5 Å². The summed E-state index contributed by atoms with van der Waals surface area (Å²) < 4.78 is 11.0. The third-order valence-corrected chi connectivity index (χ3v) is 6.22. The molecule has 1 fully saturated rings. The van der Waals surface area contributed by atoms with Crippen molar-refractivity contribution in [2.75, 3.05) is 27.3 Å². The second kappa shape index (κ2) is 8.42. The number of carbonyl (C=O) groups is 2. The summed E-state index contributed by atoms with van der Waals surface area (Å²) in [6, 6.07) is 7.84. The number of ether oxygens (including phenoxy) is 2. The molecule has 2 N–H and O–H groups in total. The minimum absolute atomic E-state index is 0.0733. The number of thiophene rings is 1. The van der Waals surface area contributed by atoms with Crippen LogP contribution in [0.2, 0.25) is 0 Å². The van der Waals surface area contributed by atoms with Gasteiger partial charge in [0.15, 0.2) is 11.5 Å². The molecule has 1 atom stereocenters. The van der Waals surface area contributed by atoms with Crippen molar-refractivity contribution < 1.29 is 19.1 Å². The molecule has 2 heterocycles. The third kappa shape index (κ3) is 4.38. The van der Waals surface area contributed by atoms with E-state index >= 15 is 0 Å². The number of amides is 3. The molecule has 1 aromatic heterocycles. The summed E-state index contributed by atoms with van der Waals surface area (Å²) in [5, 5.41) is 7.28. The van der Waals surface area contributed by atoms with Gasteiger partial charge in [-0.2, -0.15) is 0 Å². The van der Waals surface area contributed by atoms with E-state index in [2.05, 4.69) is 21.6 Å². The number of fused-ring (bicyclic) bond motifs is 1. The molecule has 7 nitrogen and oxygen atoms in total. The lowest BCUT2D eigenvalue weighted by molar-refractivity contribution is -0.121. The maximum atomic E-state index is 12.5. The molecular weight excluding hydrogens is 390 g/mol. The van der Waals surface area contributed by atoms with E-state index in [0.29, 0.717) is 18.0 Å². The lowest BCUT2D eigenvalue weighted by Gasteiger charge is -2.36. The fourth-order valence-electron chi connectivity index (χ4n) is 3.75. The molecular formula is C21H25N3O4S. The SMILES string of the molecule is COc1cc2c(cc1OC)C(c1cccs1)N(CC(=O)NC(=O)NC1CC1)CC2. The predicted molar refractivity (Wildman–Crippen MR) is 111 cm³/mol. The van der Waals surface area contributed by atoms with Crippen LogP contribution in [0.4, 0.5) is 4.79 Å². The van der Waals surface area contributed by atoms with Gasteiger partial charge in [0.2, 0.25) is 5.91 Å². The standard InChI is InChI=1S/C21H25N3O4S/c1-27-16-10-13-7-8-24(12-19(25)23-21(26)22-14-5-6-14)20(18-4-3-9-29-18)15(13)11-17(16)28-2/h3-4,9-11,14,20H,5-8,12H2,1-2H3,(H2,22,23,25,26). The molecule has 1 aromatic carbocycles. The van der Waals surface area contributed by atoms with Crippen LogP contribution in [-0.2, 0) is 11.2 Å². The molecule has 1 unspecified atom stereocenters. The Hall–Kier alpha value is -2.58. The zero-order valence-corrected chi connectivity index (χ0v) is 17.4. The average molecular weight is 416 g/mol. The number of hydrogen-bond donors (Lipinski definition) is 2. The van der Waals surface area contributed by atoms with Crippen LogP contribution in [0, 0.1) is 0 Å². The van der Waals surface area contributed by atoms with Gasteiger partial charge in [0.1, 0.15) is 0 Å². The van der Waals surface area contributed by atoms with E-state index in [9.17, 15) is 9.59 Å². The number of hydrogen-bond acceptors (Lipinski definition) is 6. The summed E-state index contributed by atoms with van der Waals surface area (Å²) in [5.41, 5.74) is 2.29. The fourth-order valence-corrected chi connectivity index (χ4v) is 4.62. The van der Waals surface area contributed by atoms with Crippen LogP contribution in [-0.4, -0.2) is 50.2 Å². The zero-order valence-electron chi connectivity index (χ0n) is 16.6. The van der Waals surface area contributed by atoms with E-state index in [1.807, 2.05) is 23.6 Å². The van der Waals surface area contributed by atoms with Crippen molar-refractivity contribution >= 4 is 23.3 Å². The van der Waals surface area contributed by atoms with Crippen molar-refractivity contribution in [3.8, 4) is 11.5 Å². The second-order valence-electron chi connectivity index (χ2n) is 7.34. The molecule has 0 bridgehead atoms. The summed E-state index contributed by atoms with van der Waals surface area (Å²) in [5.74, 6) is 1.08. The molecule has 4 rings (SSSR count). The molecule has 29 heavy (non-hydrogen) atoms. The first kappa shape index (κ1) is 19.7. The van der Waals surface area contributed by atoms with E-state index in [1.54, 1.807) is 25.6 Å². The number of rotatable bonds is 6. The normalized spacial score (nSPS) is 18.6. The maximum absolute atomic E-state index is 12.5. The van der Waals surface area contributed by atoms with Crippen molar-refractivity contribution in [1.82, 2.24) is 15.5 Å². The summed E-state index contributed by atoms with van der Waals surface area (Å²) in [7, 11) is 3.25. The Kier molecular flexibility index (Phi) is 5.73. The van der Waals surface area contributed by atoms with Crippen LogP contribution in [0.1, 0.15) is 34.9 Å². The van der Waals surface area contributed by atoms with Gasteiger partial charge in [0.05, 0.1) is 26.8 Å². The number of nitrogens with zero attached hydrogens (tertiary/aromatic N) is 1. The van der Waals surface area contributed by atoms with Crippen LogP contribution >= 0.6 is 11.3 Å². The molecule has 2 aromatic rings. The van der Waals surface area contributed by atoms with Crippen LogP contribution in [0.15, 0.2) is 29.6 Å². The molecule has 2 aliphatic rings.